The molecule has 0 spiro atoms. The average molecular weight is 209 g/mol. The smallest absolute Gasteiger partial charge is 0.127 e. The third kappa shape index (κ3) is 1.56. The van der Waals surface area contributed by atoms with E-state index in [1.165, 1.54) is 11.3 Å². The van der Waals surface area contributed by atoms with E-state index in [1.807, 2.05) is 20.2 Å². The largest absolute Gasteiger partial charge is 0.391 e. The lowest BCUT2D eigenvalue weighted by atomic mass is 10.3. The van der Waals surface area contributed by atoms with Crippen molar-refractivity contribution in [3.63, 3.8) is 0 Å². The van der Waals surface area contributed by atoms with Gasteiger partial charge >= 0.3 is 0 Å². The van der Waals surface area contributed by atoms with Crippen LogP contribution >= 0.6 is 11.3 Å². The lowest BCUT2D eigenvalue weighted by Gasteiger charge is -1.89. The minimum atomic E-state index is 0.0526. The van der Waals surface area contributed by atoms with E-state index >= 15 is 0 Å². The second-order valence-electron chi connectivity index (χ2n) is 3.09. The van der Waals surface area contributed by atoms with Crippen LogP contribution in [-0.4, -0.2) is 19.9 Å². The first-order valence-electron chi connectivity index (χ1n) is 4.27. The zero-order valence-electron chi connectivity index (χ0n) is 8.06. The Bertz CT molecular complexity index is 447. The molecule has 1 N–H and O–H groups in total. The zero-order valence-corrected chi connectivity index (χ0v) is 8.88. The molecule has 4 nitrogen and oxygen atoms in total. The molecule has 0 unspecified atom stereocenters. The number of rotatable bonds is 2. The fraction of sp³-hybridized carbons (Fsp3) is 0.333. The topological polar surface area (TPSA) is 50.9 Å². The van der Waals surface area contributed by atoms with Crippen molar-refractivity contribution in [3.8, 4) is 10.6 Å². The Morgan fingerprint density at radius 3 is 2.86 bits per heavy atom. The summed E-state index contributed by atoms with van der Waals surface area (Å²) in [4.78, 5) is 5.11. The number of aromatic nitrogens is 3. The molecule has 0 aromatic carbocycles. The molecule has 0 aliphatic rings. The molecule has 0 atom stereocenters. The van der Waals surface area contributed by atoms with Gasteiger partial charge in [-0.1, -0.05) is 0 Å². The molecule has 2 heterocycles. The van der Waals surface area contributed by atoms with Gasteiger partial charge < -0.3 is 5.11 Å². The van der Waals surface area contributed by atoms with E-state index in [1.54, 1.807) is 10.9 Å². The first-order valence-corrected chi connectivity index (χ1v) is 5.08. The summed E-state index contributed by atoms with van der Waals surface area (Å²) in [6.07, 6.45) is 3.64. The van der Waals surface area contributed by atoms with Crippen LogP contribution < -0.4 is 0 Å². The highest BCUT2D eigenvalue weighted by molar-refractivity contribution is 7.15. The second kappa shape index (κ2) is 3.51. The van der Waals surface area contributed by atoms with Crippen molar-refractivity contribution in [2.24, 2.45) is 7.05 Å². The van der Waals surface area contributed by atoms with Crippen LogP contribution in [0.3, 0.4) is 0 Å². The van der Waals surface area contributed by atoms with Crippen LogP contribution in [0.4, 0.5) is 0 Å². The number of aryl methyl sites for hydroxylation is 2. The van der Waals surface area contributed by atoms with Crippen molar-refractivity contribution in [1.29, 1.82) is 0 Å². The van der Waals surface area contributed by atoms with Crippen LogP contribution in [0.15, 0.2) is 12.4 Å². The van der Waals surface area contributed by atoms with Crippen molar-refractivity contribution in [3.05, 3.63) is 23.0 Å². The SMILES string of the molecule is Cc1nn(C)cc1-c1ncc(CO)s1. The Hall–Kier alpha value is -1.20. The van der Waals surface area contributed by atoms with Gasteiger partial charge in [-0.2, -0.15) is 5.10 Å². The quantitative estimate of drug-likeness (QED) is 0.812. The van der Waals surface area contributed by atoms with Gasteiger partial charge in [0.15, 0.2) is 0 Å². The Labute approximate surface area is 85.8 Å². The van der Waals surface area contributed by atoms with E-state index < -0.39 is 0 Å². The summed E-state index contributed by atoms with van der Waals surface area (Å²) >= 11 is 1.50. The van der Waals surface area contributed by atoms with Crippen molar-refractivity contribution in [1.82, 2.24) is 14.8 Å². The summed E-state index contributed by atoms with van der Waals surface area (Å²) in [5.74, 6) is 0. The van der Waals surface area contributed by atoms with Gasteiger partial charge in [0.1, 0.15) is 5.01 Å². The third-order valence-electron chi connectivity index (χ3n) is 1.95. The molecule has 0 aliphatic heterocycles. The van der Waals surface area contributed by atoms with E-state index in [0.29, 0.717) is 0 Å². The lowest BCUT2D eigenvalue weighted by Crippen LogP contribution is -1.86. The molecule has 0 fully saturated rings. The molecule has 0 aliphatic carbocycles. The van der Waals surface area contributed by atoms with Gasteiger partial charge in [0.05, 0.1) is 22.7 Å². The van der Waals surface area contributed by atoms with Crippen LogP contribution in [0.1, 0.15) is 10.6 Å². The Morgan fingerprint density at radius 1 is 1.57 bits per heavy atom. The Kier molecular flexibility index (Phi) is 2.35. The average Bonchev–Trinajstić information content (AvgIpc) is 2.71. The summed E-state index contributed by atoms with van der Waals surface area (Å²) in [7, 11) is 1.89. The fourth-order valence-electron chi connectivity index (χ4n) is 1.31. The van der Waals surface area contributed by atoms with Crippen LogP contribution in [-0.2, 0) is 13.7 Å². The standard InChI is InChI=1S/C9H11N3OS/c1-6-8(4-12(2)11-6)9-10-3-7(5-13)14-9/h3-4,13H,5H2,1-2H3. The summed E-state index contributed by atoms with van der Waals surface area (Å²) < 4.78 is 1.77. The zero-order chi connectivity index (χ0) is 10.1. The van der Waals surface area contributed by atoms with E-state index in [0.717, 1.165) is 21.1 Å². The maximum Gasteiger partial charge on any atom is 0.127 e. The minimum Gasteiger partial charge on any atom is -0.391 e. The van der Waals surface area contributed by atoms with Crippen LogP contribution in [0, 0.1) is 6.92 Å². The van der Waals surface area contributed by atoms with Crippen LogP contribution in [0.2, 0.25) is 0 Å². The van der Waals surface area contributed by atoms with E-state index in [4.69, 9.17) is 5.11 Å². The molecule has 14 heavy (non-hydrogen) atoms. The van der Waals surface area contributed by atoms with Crippen molar-refractivity contribution < 1.29 is 5.11 Å². The molecule has 0 radical (unpaired) electrons. The fourth-order valence-corrected chi connectivity index (χ4v) is 2.15. The van der Waals surface area contributed by atoms with E-state index in [2.05, 4.69) is 10.1 Å². The maximum atomic E-state index is 8.92. The minimum absolute atomic E-state index is 0.0526. The number of thiazole rings is 1. The van der Waals surface area contributed by atoms with Gasteiger partial charge in [-0.15, -0.1) is 11.3 Å². The first kappa shape index (κ1) is 9.36. The van der Waals surface area contributed by atoms with Gasteiger partial charge in [0.25, 0.3) is 0 Å². The molecule has 0 saturated heterocycles. The highest BCUT2D eigenvalue weighted by Gasteiger charge is 2.09. The number of hydrogen-bond acceptors (Lipinski definition) is 4. The molecule has 74 valence electrons. The van der Waals surface area contributed by atoms with Crippen molar-refractivity contribution in [2.45, 2.75) is 13.5 Å². The molecule has 2 aromatic heterocycles. The number of aliphatic hydroxyl groups is 1. The normalized spacial score (nSPS) is 10.8. The molecular formula is C9H11N3OS. The highest BCUT2D eigenvalue weighted by Crippen LogP contribution is 2.26. The molecular weight excluding hydrogens is 198 g/mol. The van der Waals surface area contributed by atoms with Crippen LogP contribution in [0.5, 0.6) is 0 Å². The number of nitrogens with zero attached hydrogens (tertiary/aromatic N) is 3. The Balaban J connectivity index is 2.43. The molecule has 2 rings (SSSR count). The maximum absolute atomic E-state index is 8.92. The predicted octanol–water partition coefficient (Wildman–Crippen LogP) is 1.34. The summed E-state index contributed by atoms with van der Waals surface area (Å²) in [5.41, 5.74) is 2.00. The van der Waals surface area contributed by atoms with Gasteiger partial charge in [0, 0.05) is 19.4 Å². The van der Waals surface area contributed by atoms with Gasteiger partial charge in [-0.05, 0) is 6.92 Å². The lowest BCUT2D eigenvalue weighted by molar-refractivity contribution is 0.285. The summed E-state index contributed by atoms with van der Waals surface area (Å²) in [6, 6.07) is 0. The van der Waals surface area contributed by atoms with Crippen molar-refractivity contribution in [2.75, 3.05) is 0 Å². The van der Waals surface area contributed by atoms with Gasteiger partial charge in [0.2, 0.25) is 0 Å². The predicted molar refractivity (Wildman–Crippen MR) is 55.0 cm³/mol. The molecule has 5 heteroatoms. The number of aliphatic hydroxyl groups excluding tert-OH is 1. The van der Waals surface area contributed by atoms with E-state index in [9.17, 15) is 0 Å². The second-order valence-corrected chi connectivity index (χ2v) is 4.21. The first-order chi connectivity index (χ1) is 6.70. The van der Waals surface area contributed by atoms with Crippen molar-refractivity contribution >= 4 is 11.3 Å². The van der Waals surface area contributed by atoms with Crippen LogP contribution in [0.25, 0.3) is 10.6 Å². The summed E-state index contributed by atoms with van der Waals surface area (Å²) in [6.45, 7) is 2.01. The van der Waals surface area contributed by atoms with E-state index in [-0.39, 0.29) is 6.61 Å². The molecule has 0 bridgehead atoms. The van der Waals surface area contributed by atoms with Gasteiger partial charge in [-0.3, -0.25) is 4.68 Å². The highest BCUT2D eigenvalue weighted by atomic mass is 32.1. The molecule has 0 saturated carbocycles. The Morgan fingerprint density at radius 2 is 2.36 bits per heavy atom. The third-order valence-corrected chi connectivity index (χ3v) is 2.97. The molecule has 0 amide bonds. The number of hydrogen-bond donors (Lipinski definition) is 1. The summed E-state index contributed by atoms with van der Waals surface area (Å²) in [5, 5.41) is 14.1. The molecule has 2 aromatic rings. The monoisotopic (exact) mass is 209 g/mol. The van der Waals surface area contributed by atoms with Gasteiger partial charge in [-0.25, -0.2) is 4.98 Å².